The van der Waals surface area contributed by atoms with E-state index in [1.807, 2.05) is 23.7 Å². The summed E-state index contributed by atoms with van der Waals surface area (Å²) in [7, 11) is 1.87. The molecule has 0 aliphatic carbocycles. The minimum Gasteiger partial charge on any atom is -0.314 e. The summed E-state index contributed by atoms with van der Waals surface area (Å²) in [5.41, 5.74) is 1.57. The third-order valence-corrected chi connectivity index (χ3v) is 3.80. The predicted octanol–water partition coefficient (Wildman–Crippen LogP) is 2.76. The SMILES string of the molecule is Cn1c(CCC(=O)Cc2cccc(F)c2)nnc1-c1cccnc1. The Morgan fingerprint density at radius 2 is 2.08 bits per heavy atom. The van der Waals surface area contributed by atoms with Crippen LogP contribution in [0.4, 0.5) is 4.39 Å². The Bertz CT molecular complexity index is 845. The lowest BCUT2D eigenvalue weighted by atomic mass is 10.1. The number of hydrogen-bond acceptors (Lipinski definition) is 4. The number of hydrogen-bond donors (Lipinski definition) is 0. The number of aromatic nitrogens is 4. The molecule has 0 aliphatic heterocycles. The van der Waals surface area contributed by atoms with Crippen LogP contribution in [-0.4, -0.2) is 25.5 Å². The molecule has 0 atom stereocenters. The molecule has 3 aromatic rings. The van der Waals surface area contributed by atoms with Crippen molar-refractivity contribution in [3.63, 3.8) is 0 Å². The second-order valence-electron chi connectivity index (χ2n) is 5.59. The molecule has 2 aromatic heterocycles. The standard InChI is InChI=1S/C18H17FN4O/c1-23-17(21-22-18(23)14-5-3-9-20-12-14)8-7-16(24)11-13-4-2-6-15(19)10-13/h2-6,9-10,12H,7-8,11H2,1H3. The van der Waals surface area contributed by atoms with Crippen molar-refractivity contribution in [3.05, 3.63) is 66.0 Å². The number of benzene rings is 1. The van der Waals surface area contributed by atoms with Gasteiger partial charge in [-0.1, -0.05) is 12.1 Å². The maximum absolute atomic E-state index is 13.1. The number of rotatable bonds is 6. The second kappa shape index (κ2) is 7.12. The van der Waals surface area contributed by atoms with Crippen molar-refractivity contribution >= 4 is 5.78 Å². The fourth-order valence-corrected chi connectivity index (χ4v) is 2.54. The van der Waals surface area contributed by atoms with E-state index >= 15 is 0 Å². The van der Waals surface area contributed by atoms with Gasteiger partial charge in [-0.15, -0.1) is 10.2 Å². The second-order valence-corrected chi connectivity index (χ2v) is 5.59. The van der Waals surface area contributed by atoms with Crippen molar-refractivity contribution in [1.82, 2.24) is 19.7 Å². The van der Waals surface area contributed by atoms with Gasteiger partial charge in [-0.05, 0) is 29.8 Å². The molecule has 0 saturated heterocycles. The number of ketones is 1. The zero-order chi connectivity index (χ0) is 16.9. The molecule has 1 aromatic carbocycles. The Labute approximate surface area is 139 Å². The molecule has 0 N–H and O–H groups in total. The number of Topliss-reactive ketones (excluding diaryl/α,β-unsaturated/α-hetero) is 1. The molecule has 0 spiro atoms. The van der Waals surface area contributed by atoms with E-state index in [2.05, 4.69) is 15.2 Å². The highest BCUT2D eigenvalue weighted by Gasteiger charge is 2.12. The van der Waals surface area contributed by atoms with Crippen LogP contribution in [-0.2, 0) is 24.7 Å². The average Bonchev–Trinajstić information content (AvgIpc) is 2.94. The molecule has 0 unspecified atom stereocenters. The van der Waals surface area contributed by atoms with E-state index in [1.54, 1.807) is 24.5 Å². The van der Waals surface area contributed by atoms with E-state index in [9.17, 15) is 9.18 Å². The summed E-state index contributed by atoms with van der Waals surface area (Å²) in [6.45, 7) is 0. The molecular weight excluding hydrogens is 307 g/mol. The van der Waals surface area contributed by atoms with Crippen LogP contribution < -0.4 is 0 Å². The van der Waals surface area contributed by atoms with Gasteiger partial charge >= 0.3 is 0 Å². The van der Waals surface area contributed by atoms with Gasteiger partial charge in [0.2, 0.25) is 0 Å². The van der Waals surface area contributed by atoms with Gasteiger partial charge in [-0.3, -0.25) is 9.78 Å². The first-order valence-corrected chi connectivity index (χ1v) is 7.68. The van der Waals surface area contributed by atoms with Crippen LogP contribution in [0.3, 0.4) is 0 Å². The lowest BCUT2D eigenvalue weighted by Crippen LogP contribution is -2.07. The van der Waals surface area contributed by atoms with Crippen molar-refractivity contribution in [2.45, 2.75) is 19.3 Å². The van der Waals surface area contributed by atoms with E-state index in [0.29, 0.717) is 18.4 Å². The highest BCUT2D eigenvalue weighted by Crippen LogP contribution is 2.16. The van der Waals surface area contributed by atoms with E-state index in [0.717, 1.165) is 17.2 Å². The first kappa shape index (κ1) is 16.0. The van der Waals surface area contributed by atoms with Crippen LogP contribution >= 0.6 is 0 Å². The molecule has 0 radical (unpaired) electrons. The first-order valence-electron chi connectivity index (χ1n) is 7.68. The van der Waals surface area contributed by atoms with Gasteiger partial charge in [0.05, 0.1) is 0 Å². The van der Waals surface area contributed by atoms with Crippen molar-refractivity contribution in [2.24, 2.45) is 7.05 Å². The van der Waals surface area contributed by atoms with Crippen LogP contribution in [0.1, 0.15) is 17.8 Å². The Kier molecular flexibility index (Phi) is 4.74. The Morgan fingerprint density at radius 1 is 1.21 bits per heavy atom. The summed E-state index contributed by atoms with van der Waals surface area (Å²) in [5, 5.41) is 8.33. The zero-order valence-corrected chi connectivity index (χ0v) is 13.3. The van der Waals surface area contributed by atoms with Gasteiger partial charge in [0.25, 0.3) is 0 Å². The molecule has 0 fully saturated rings. The van der Waals surface area contributed by atoms with Gasteiger partial charge in [-0.25, -0.2) is 4.39 Å². The smallest absolute Gasteiger partial charge is 0.165 e. The minimum atomic E-state index is -0.324. The third kappa shape index (κ3) is 3.71. The molecule has 0 aliphatic rings. The number of halogens is 1. The van der Waals surface area contributed by atoms with E-state index < -0.39 is 0 Å². The molecule has 122 valence electrons. The number of pyridine rings is 1. The van der Waals surface area contributed by atoms with Crippen molar-refractivity contribution in [3.8, 4) is 11.4 Å². The normalized spacial score (nSPS) is 10.8. The summed E-state index contributed by atoms with van der Waals surface area (Å²) in [4.78, 5) is 16.2. The number of carbonyl (C=O) groups is 1. The van der Waals surface area contributed by atoms with Crippen LogP contribution in [0.5, 0.6) is 0 Å². The molecule has 0 saturated carbocycles. The zero-order valence-electron chi connectivity index (χ0n) is 13.3. The highest BCUT2D eigenvalue weighted by atomic mass is 19.1. The summed E-state index contributed by atoms with van der Waals surface area (Å²) < 4.78 is 15.0. The minimum absolute atomic E-state index is 0.0477. The summed E-state index contributed by atoms with van der Waals surface area (Å²) >= 11 is 0. The van der Waals surface area contributed by atoms with Crippen molar-refractivity contribution in [2.75, 3.05) is 0 Å². The number of nitrogens with zero attached hydrogens (tertiary/aromatic N) is 4. The van der Waals surface area contributed by atoms with Gasteiger partial charge in [-0.2, -0.15) is 0 Å². The quantitative estimate of drug-likeness (QED) is 0.699. The molecule has 3 rings (SSSR count). The molecule has 2 heterocycles. The molecule has 0 bridgehead atoms. The Balaban J connectivity index is 1.63. The summed E-state index contributed by atoms with van der Waals surface area (Å²) in [6, 6.07) is 9.88. The molecule has 24 heavy (non-hydrogen) atoms. The molecule has 6 heteroatoms. The van der Waals surface area contributed by atoms with E-state index in [-0.39, 0.29) is 18.0 Å². The highest BCUT2D eigenvalue weighted by molar-refractivity contribution is 5.81. The molecular formula is C18H17FN4O. The van der Waals surface area contributed by atoms with Gasteiger partial charge in [0.1, 0.15) is 17.4 Å². The van der Waals surface area contributed by atoms with Crippen molar-refractivity contribution in [1.29, 1.82) is 0 Å². The Morgan fingerprint density at radius 3 is 2.83 bits per heavy atom. The third-order valence-electron chi connectivity index (χ3n) is 3.80. The number of carbonyl (C=O) groups excluding carboxylic acids is 1. The van der Waals surface area contributed by atoms with Crippen LogP contribution in [0.2, 0.25) is 0 Å². The monoisotopic (exact) mass is 324 g/mol. The van der Waals surface area contributed by atoms with Gasteiger partial charge in [0, 0.05) is 44.3 Å². The summed E-state index contributed by atoms with van der Waals surface area (Å²) in [6.07, 6.45) is 4.49. The fraction of sp³-hybridized carbons (Fsp3) is 0.222. The predicted molar refractivity (Wildman–Crippen MR) is 87.7 cm³/mol. The molecule has 0 amide bonds. The maximum atomic E-state index is 13.1. The van der Waals surface area contributed by atoms with E-state index in [4.69, 9.17) is 0 Å². The Hall–Kier alpha value is -2.89. The lowest BCUT2D eigenvalue weighted by Gasteiger charge is -2.04. The van der Waals surface area contributed by atoms with Crippen LogP contribution in [0.15, 0.2) is 48.8 Å². The first-order chi connectivity index (χ1) is 11.6. The van der Waals surface area contributed by atoms with E-state index in [1.165, 1.54) is 12.1 Å². The number of aryl methyl sites for hydroxylation is 1. The van der Waals surface area contributed by atoms with Gasteiger partial charge in [0.15, 0.2) is 5.82 Å². The lowest BCUT2D eigenvalue weighted by molar-refractivity contribution is -0.118. The van der Waals surface area contributed by atoms with Crippen molar-refractivity contribution < 1.29 is 9.18 Å². The summed E-state index contributed by atoms with van der Waals surface area (Å²) in [5.74, 6) is 1.18. The fourth-order valence-electron chi connectivity index (χ4n) is 2.54. The average molecular weight is 324 g/mol. The van der Waals surface area contributed by atoms with Crippen LogP contribution in [0.25, 0.3) is 11.4 Å². The topological polar surface area (TPSA) is 60.7 Å². The van der Waals surface area contributed by atoms with Gasteiger partial charge < -0.3 is 4.57 Å². The molecule has 5 nitrogen and oxygen atoms in total. The van der Waals surface area contributed by atoms with Crippen LogP contribution in [0, 0.1) is 5.82 Å². The maximum Gasteiger partial charge on any atom is 0.165 e. The largest absolute Gasteiger partial charge is 0.314 e.